The molecule has 0 aromatic heterocycles. The summed E-state index contributed by atoms with van der Waals surface area (Å²) in [6.07, 6.45) is 1.95. The molecule has 4 heteroatoms. The van der Waals surface area contributed by atoms with E-state index in [1.807, 2.05) is 42.7 Å². The van der Waals surface area contributed by atoms with E-state index in [1.165, 1.54) is 22.4 Å². The average Bonchev–Trinajstić information content (AvgIpc) is 3.34. The fraction of sp³-hybridized carbons (Fsp3) is 0.269. The number of likely N-dealkylation sites (tertiary alicyclic amines) is 1. The van der Waals surface area contributed by atoms with Crippen LogP contribution in [-0.4, -0.2) is 37.4 Å². The second-order valence-corrected chi connectivity index (χ2v) is 8.87. The van der Waals surface area contributed by atoms with Gasteiger partial charge >= 0.3 is 0 Å². The Balaban J connectivity index is 1.25. The number of rotatable bonds is 5. The summed E-state index contributed by atoms with van der Waals surface area (Å²) in [5.41, 5.74) is 5.71. The molecule has 2 unspecified atom stereocenters. The molecule has 5 rings (SSSR count). The third-order valence-electron chi connectivity index (χ3n) is 6.48. The third-order valence-corrected chi connectivity index (χ3v) is 6.73. The molecule has 0 spiro atoms. The summed E-state index contributed by atoms with van der Waals surface area (Å²) in [4.78, 5) is 15.8. The normalized spacial score (nSPS) is 21.0. The number of nitrogens with zero attached hydrogens (tertiary/aromatic N) is 2. The van der Waals surface area contributed by atoms with Crippen LogP contribution in [0.4, 0.5) is 5.69 Å². The van der Waals surface area contributed by atoms with E-state index in [9.17, 15) is 4.79 Å². The van der Waals surface area contributed by atoms with Gasteiger partial charge in [0.1, 0.15) is 0 Å². The largest absolute Gasteiger partial charge is 0.371 e. The molecule has 2 heterocycles. The first-order valence-electron chi connectivity index (χ1n) is 10.5. The molecule has 2 saturated heterocycles. The molecule has 3 aromatic carbocycles. The van der Waals surface area contributed by atoms with E-state index in [2.05, 4.69) is 46.2 Å². The van der Waals surface area contributed by atoms with Crippen LogP contribution in [0.15, 0.2) is 72.8 Å². The van der Waals surface area contributed by atoms with Crippen molar-refractivity contribution in [3.63, 3.8) is 0 Å². The van der Waals surface area contributed by atoms with Gasteiger partial charge in [-0.15, -0.1) is 0 Å². The maximum absolute atomic E-state index is 10.8. The smallest absolute Gasteiger partial charge is 0.233 e. The van der Waals surface area contributed by atoms with Gasteiger partial charge in [-0.2, -0.15) is 0 Å². The molecule has 0 aliphatic carbocycles. The molecular formula is C26H24ClN2O. The molecular weight excluding hydrogens is 392 g/mol. The van der Waals surface area contributed by atoms with E-state index in [4.69, 9.17) is 11.6 Å². The summed E-state index contributed by atoms with van der Waals surface area (Å²) in [5, 5.41) is 0.770. The number of benzene rings is 3. The Morgan fingerprint density at radius 2 is 1.50 bits per heavy atom. The quantitative estimate of drug-likeness (QED) is 0.583. The van der Waals surface area contributed by atoms with Crippen molar-refractivity contribution >= 4 is 23.6 Å². The van der Waals surface area contributed by atoms with Crippen molar-refractivity contribution in [1.29, 1.82) is 0 Å². The molecule has 0 N–H and O–H groups in total. The van der Waals surface area contributed by atoms with Gasteiger partial charge in [-0.3, -0.25) is 9.69 Å². The van der Waals surface area contributed by atoms with Crippen molar-refractivity contribution in [2.24, 2.45) is 11.8 Å². The van der Waals surface area contributed by atoms with Crippen LogP contribution in [-0.2, 0) is 11.3 Å². The van der Waals surface area contributed by atoms with E-state index in [0.29, 0.717) is 17.4 Å². The molecule has 30 heavy (non-hydrogen) atoms. The van der Waals surface area contributed by atoms with Crippen molar-refractivity contribution in [3.8, 4) is 11.1 Å². The molecule has 0 amide bonds. The summed E-state index contributed by atoms with van der Waals surface area (Å²) in [6.45, 7) is 5.43. The highest BCUT2D eigenvalue weighted by molar-refractivity contribution is 6.30. The SMILES string of the molecule is O=[C]c1ccc(N2CC3CN(Cc4ccccc4-c4ccc(Cl)cc4)CC3C2)cc1. The maximum atomic E-state index is 10.8. The fourth-order valence-corrected chi connectivity index (χ4v) is 5.11. The molecule has 2 fully saturated rings. The molecule has 151 valence electrons. The van der Waals surface area contributed by atoms with Crippen LogP contribution < -0.4 is 4.90 Å². The van der Waals surface area contributed by atoms with E-state index in [-0.39, 0.29) is 0 Å². The van der Waals surface area contributed by atoms with Crippen LogP contribution in [0.2, 0.25) is 5.02 Å². The minimum atomic E-state index is 0.615. The zero-order valence-corrected chi connectivity index (χ0v) is 17.6. The number of carbonyl (C=O) groups excluding carboxylic acids is 1. The summed E-state index contributed by atoms with van der Waals surface area (Å²) in [7, 11) is 0. The van der Waals surface area contributed by atoms with Gasteiger partial charge in [-0.05, 0) is 64.9 Å². The number of hydrogen-bond acceptors (Lipinski definition) is 3. The maximum Gasteiger partial charge on any atom is 0.233 e. The van der Waals surface area contributed by atoms with Crippen molar-refractivity contribution in [2.75, 3.05) is 31.1 Å². The monoisotopic (exact) mass is 415 g/mol. The van der Waals surface area contributed by atoms with Gasteiger partial charge in [0.05, 0.1) is 0 Å². The molecule has 0 bridgehead atoms. The first kappa shape index (κ1) is 19.3. The molecule has 3 nitrogen and oxygen atoms in total. The van der Waals surface area contributed by atoms with Crippen LogP contribution in [0.5, 0.6) is 0 Å². The molecule has 1 radical (unpaired) electrons. The fourth-order valence-electron chi connectivity index (χ4n) is 4.98. The Bertz CT molecular complexity index is 1020. The highest BCUT2D eigenvalue weighted by Gasteiger charge is 2.40. The van der Waals surface area contributed by atoms with E-state index < -0.39 is 0 Å². The highest BCUT2D eigenvalue weighted by atomic mass is 35.5. The second kappa shape index (κ2) is 8.25. The molecule has 2 atom stereocenters. The predicted molar refractivity (Wildman–Crippen MR) is 123 cm³/mol. The summed E-state index contributed by atoms with van der Waals surface area (Å²) < 4.78 is 0. The van der Waals surface area contributed by atoms with Crippen LogP contribution in [0, 0.1) is 11.8 Å². The summed E-state index contributed by atoms with van der Waals surface area (Å²) in [5.74, 6) is 1.40. The first-order chi connectivity index (χ1) is 14.7. The molecule has 0 saturated carbocycles. The lowest BCUT2D eigenvalue weighted by Gasteiger charge is -2.24. The van der Waals surface area contributed by atoms with Gasteiger partial charge in [-0.1, -0.05) is 48.0 Å². The molecule has 2 aliphatic heterocycles. The number of halogens is 1. The third kappa shape index (κ3) is 3.88. The van der Waals surface area contributed by atoms with Crippen molar-refractivity contribution < 1.29 is 4.79 Å². The Labute approximate surface area is 182 Å². The average molecular weight is 416 g/mol. The lowest BCUT2D eigenvalue weighted by molar-refractivity contribution is 0.309. The summed E-state index contributed by atoms with van der Waals surface area (Å²) >= 11 is 6.07. The van der Waals surface area contributed by atoms with Crippen LogP contribution >= 0.6 is 11.6 Å². The lowest BCUT2D eigenvalue weighted by Crippen LogP contribution is -2.28. The van der Waals surface area contributed by atoms with Crippen LogP contribution in [0.3, 0.4) is 0 Å². The standard InChI is InChI=1S/C26H24ClN2O/c27-24-9-7-20(8-10-24)26-4-2-1-3-21(26)13-28-14-22-16-29(17-23(22)15-28)25-11-5-19(18-30)6-12-25/h1-12,22-23H,13-17H2. The Morgan fingerprint density at radius 1 is 0.833 bits per heavy atom. The van der Waals surface area contributed by atoms with E-state index in [0.717, 1.165) is 37.7 Å². The molecule has 3 aromatic rings. The van der Waals surface area contributed by atoms with Gasteiger partial charge in [-0.25, -0.2) is 0 Å². The number of fused-ring (bicyclic) bond motifs is 1. The van der Waals surface area contributed by atoms with E-state index in [1.54, 1.807) is 0 Å². The van der Waals surface area contributed by atoms with Gasteiger partial charge in [0.15, 0.2) is 0 Å². The predicted octanol–water partition coefficient (Wildman–Crippen LogP) is 5.03. The van der Waals surface area contributed by atoms with Gasteiger partial charge < -0.3 is 4.90 Å². The zero-order chi connectivity index (χ0) is 20.5. The topological polar surface area (TPSA) is 23.6 Å². The van der Waals surface area contributed by atoms with Crippen LogP contribution in [0.1, 0.15) is 11.1 Å². The Kier molecular flexibility index (Phi) is 5.32. The number of hydrogen-bond donors (Lipinski definition) is 0. The zero-order valence-electron chi connectivity index (χ0n) is 16.8. The number of anilines is 1. The van der Waals surface area contributed by atoms with Gasteiger partial charge in [0, 0.05) is 49.0 Å². The van der Waals surface area contributed by atoms with Crippen molar-refractivity contribution in [2.45, 2.75) is 6.54 Å². The second-order valence-electron chi connectivity index (χ2n) is 8.43. The van der Waals surface area contributed by atoms with Gasteiger partial charge in [0.25, 0.3) is 0 Å². The van der Waals surface area contributed by atoms with Crippen molar-refractivity contribution in [1.82, 2.24) is 4.90 Å². The van der Waals surface area contributed by atoms with Crippen molar-refractivity contribution in [3.05, 3.63) is 88.9 Å². The minimum Gasteiger partial charge on any atom is -0.371 e. The first-order valence-corrected chi connectivity index (χ1v) is 10.9. The highest BCUT2D eigenvalue weighted by Crippen LogP contribution is 2.35. The Morgan fingerprint density at radius 3 is 2.17 bits per heavy atom. The lowest BCUT2D eigenvalue weighted by atomic mass is 9.99. The molecule has 2 aliphatic rings. The summed E-state index contributed by atoms with van der Waals surface area (Å²) in [6, 6.07) is 24.6. The van der Waals surface area contributed by atoms with Gasteiger partial charge in [0.2, 0.25) is 6.29 Å². The van der Waals surface area contributed by atoms with E-state index >= 15 is 0 Å². The van der Waals surface area contributed by atoms with Crippen LogP contribution in [0.25, 0.3) is 11.1 Å². The Hall–Kier alpha value is -2.62. The minimum absolute atomic E-state index is 0.615.